The normalized spacial score (nSPS) is 13.3. The van der Waals surface area contributed by atoms with Gasteiger partial charge in [0.1, 0.15) is 0 Å². The van der Waals surface area contributed by atoms with Crippen molar-refractivity contribution in [2.24, 2.45) is 0 Å². The fourth-order valence-electron chi connectivity index (χ4n) is 3.45. The summed E-state index contributed by atoms with van der Waals surface area (Å²) in [4.78, 5) is 12.6. The van der Waals surface area contributed by atoms with E-state index in [2.05, 4.69) is 22.5 Å². The molecule has 0 unspecified atom stereocenters. The first kappa shape index (κ1) is 15.6. The molecule has 1 aliphatic carbocycles. The number of nitrogens with zero attached hydrogens (tertiary/aromatic N) is 2. The van der Waals surface area contributed by atoms with Gasteiger partial charge in [0.25, 0.3) is 5.91 Å². The lowest BCUT2D eigenvalue weighted by Gasteiger charge is -2.16. The molecule has 0 radical (unpaired) electrons. The maximum absolute atomic E-state index is 12.6. The molecule has 0 atom stereocenters. The van der Waals surface area contributed by atoms with Crippen molar-refractivity contribution in [1.29, 1.82) is 0 Å². The van der Waals surface area contributed by atoms with Crippen LogP contribution in [0.15, 0.2) is 60.9 Å². The summed E-state index contributed by atoms with van der Waals surface area (Å²) in [7, 11) is 0. The maximum Gasteiger partial charge on any atom is 0.251 e. The zero-order chi connectivity index (χ0) is 17.1. The predicted octanol–water partition coefficient (Wildman–Crippen LogP) is 3.68. The number of hydrogen-bond acceptors (Lipinski definition) is 2. The van der Waals surface area contributed by atoms with Crippen LogP contribution >= 0.6 is 0 Å². The fraction of sp³-hybridized carbons (Fsp3) is 0.238. The third kappa shape index (κ3) is 3.33. The molecule has 1 amide bonds. The standard InChI is InChI=1S/C21H21N3O/c25-21(18-11-10-16-6-1-2-7-17(16)14-18)22-15-19-8-3-4-9-20(19)24-13-5-12-23-24/h3-5,8-14H,1-2,6-7,15H2,(H,22,25). The number of nitrogens with one attached hydrogen (secondary N) is 1. The fourth-order valence-corrected chi connectivity index (χ4v) is 3.45. The average Bonchev–Trinajstić information content (AvgIpc) is 3.20. The van der Waals surface area contributed by atoms with Crippen LogP contribution in [-0.2, 0) is 19.4 Å². The van der Waals surface area contributed by atoms with Crippen molar-refractivity contribution in [3.05, 3.63) is 83.2 Å². The van der Waals surface area contributed by atoms with Gasteiger partial charge < -0.3 is 5.32 Å². The van der Waals surface area contributed by atoms with Crippen molar-refractivity contribution in [1.82, 2.24) is 15.1 Å². The van der Waals surface area contributed by atoms with Crippen LogP contribution in [0, 0.1) is 0 Å². The Labute approximate surface area is 147 Å². The zero-order valence-corrected chi connectivity index (χ0v) is 14.1. The zero-order valence-electron chi connectivity index (χ0n) is 14.1. The van der Waals surface area contributed by atoms with Gasteiger partial charge in [0.2, 0.25) is 0 Å². The summed E-state index contributed by atoms with van der Waals surface area (Å²) in [5.41, 5.74) is 5.50. The van der Waals surface area contributed by atoms with E-state index in [4.69, 9.17) is 0 Å². The van der Waals surface area contributed by atoms with E-state index in [-0.39, 0.29) is 5.91 Å². The van der Waals surface area contributed by atoms with E-state index < -0.39 is 0 Å². The highest BCUT2D eigenvalue weighted by molar-refractivity contribution is 5.94. The van der Waals surface area contributed by atoms with Crippen molar-refractivity contribution in [2.45, 2.75) is 32.2 Å². The van der Waals surface area contributed by atoms with Crippen LogP contribution in [-0.4, -0.2) is 15.7 Å². The minimum absolute atomic E-state index is 0.0244. The Morgan fingerprint density at radius 2 is 1.88 bits per heavy atom. The van der Waals surface area contributed by atoms with E-state index >= 15 is 0 Å². The molecule has 1 heterocycles. The quantitative estimate of drug-likeness (QED) is 0.793. The highest BCUT2D eigenvalue weighted by atomic mass is 16.1. The van der Waals surface area contributed by atoms with E-state index in [1.807, 2.05) is 47.3 Å². The van der Waals surface area contributed by atoms with Gasteiger partial charge in [-0.15, -0.1) is 0 Å². The molecule has 126 valence electrons. The number of aromatic nitrogens is 2. The lowest BCUT2D eigenvalue weighted by molar-refractivity contribution is 0.0951. The van der Waals surface area contributed by atoms with Gasteiger partial charge in [-0.05, 0) is 66.6 Å². The molecule has 4 heteroatoms. The van der Waals surface area contributed by atoms with Crippen LogP contribution in [0.25, 0.3) is 5.69 Å². The van der Waals surface area contributed by atoms with Crippen molar-refractivity contribution in [2.75, 3.05) is 0 Å². The molecule has 0 saturated heterocycles. The molecular weight excluding hydrogens is 310 g/mol. The van der Waals surface area contributed by atoms with Crippen LogP contribution < -0.4 is 5.32 Å². The molecule has 3 aromatic rings. The number of fused-ring (bicyclic) bond motifs is 1. The van der Waals surface area contributed by atoms with Crippen LogP contribution in [0.5, 0.6) is 0 Å². The van der Waals surface area contributed by atoms with Crippen LogP contribution in [0.2, 0.25) is 0 Å². The van der Waals surface area contributed by atoms with Gasteiger partial charge in [0.05, 0.1) is 5.69 Å². The van der Waals surface area contributed by atoms with Gasteiger partial charge in [0.15, 0.2) is 0 Å². The summed E-state index contributed by atoms with van der Waals surface area (Å²) in [6.07, 6.45) is 8.34. The average molecular weight is 331 g/mol. The molecule has 25 heavy (non-hydrogen) atoms. The molecule has 0 bridgehead atoms. The first-order chi connectivity index (χ1) is 12.3. The van der Waals surface area contributed by atoms with Gasteiger partial charge >= 0.3 is 0 Å². The van der Waals surface area contributed by atoms with Gasteiger partial charge in [-0.3, -0.25) is 4.79 Å². The van der Waals surface area contributed by atoms with Gasteiger partial charge in [-0.2, -0.15) is 5.10 Å². The molecule has 2 aromatic carbocycles. The number of carbonyl (C=O) groups excluding carboxylic acids is 1. The van der Waals surface area contributed by atoms with Crippen molar-refractivity contribution in [3.63, 3.8) is 0 Å². The van der Waals surface area contributed by atoms with Crippen molar-refractivity contribution in [3.8, 4) is 5.69 Å². The van der Waals surface area contributed by atoms with Gasteiger partial charge in [-0.25, -0.2) is 4.68 Å². The van der Waals surface area contributed by atoms with E-state index in [9.17, 15) is 4.79 Å². The lowest BCUT2D eigenvalue weighted by Crippen LogP contribution is -2.24. The van der Waals surface area contributed by atoms with E-state index in [0.717, 1.165) is 29.7 Å². The third-order valence-corrected chi connectivity index (χ3v) is 4.79. The van der Waals surface area contributed by atoms with Crippen LogP contribution in [0.4, 0.5) is 0 Å². The molecular formula is C21H21N3O. The van der Waals surface area contributed by atoms with Crippen molar-refractivity contribution >= 4 is 5.91 Å². The van der Waals surface area contributed by atoms with E-state index in [1.165, 1.54) is 24.0 Å². The summed E-state index contributed by atoms with van der Waals surface area (Å²) in [6, 6.07) is 16.0. The topological polar surface area (TPSA) is 46.9 Å². The molecule has 1 N–H and O–H groups in total. The van der Waals surface area contributed by atoms with E-state index in [1.54, 1.807) is 6.20 Å². The first-order valence-corrected chi connectivity index (χ1v) is 8.79. The number of benzene rings is 2. The highest BCUT2D eigenvalue weighted by Crippen LogP contribution is 2.22. The summed E-state index contributed by atoms with van der Waals surface area (Å²) < 4.78 is 1.82. The first-order valence-electron chi connectivity index (χ1n) is 8.79. The van der Waals surface area contributed by atoms with Gasteiger partial charge in [-0.1, -0.05) is 24.3 Å². The predicted molar refractivity (Wildman–Crippen MR) is 97.8 cm³/mol. The summed E-state index contributed by atoms with van der Waals surface area (Å²) in [6.45, 7) is 0.478. The SMILES string of the molecule is O=C(NCc1ccccc1-n1cccn1)c1ccc2c(c1)CCCC2. The minimum Gasteiger partial charge on any atom is -0.348 e. The Morgan fingerprint density at radius 3 is 2.72 bits per heavy atom. The summed E-state index contributed by atoms with van der Waals surface area (Å²) in [5.74, 6) is -0.0244. The highest BCUT2D eigenvalue weighted by Gasteiger charge is 2.13. The molecule has 1 aromatic heterocycles. The second kappa shape index (κ2) is 6.93. The molecule has 1 aliphatic rings. The molecule has 0 spiro atoms. The Kier molecular flexibility index (Phi) is 4.34. The second-order valence-electron chi connectivity index (χ2n) is 6.45. The Bertz CT molecular complexity index is 884. The molecule has 0 fully saturated rings. The lowest BCUT2D eigenvalue weighted by atomic mass is 9.90. The maximum atomic E-state index is 12.6. The number of amides is 1. The molecule has 0 aliphatic heterocycles. The van der Waals surface area contributed by atoms with E-state index in [0.29, 0.717) is 6.54 Å². The van der Waals surface area contributed by atoms with Crippen molar-refractivity contribution < 1.29 is 4.79 Å². The minimum atomic E-state index is -0.0244. The summed E-state index contributed by atoms with van der Waals surface area (Å²) >= 11 is 0. The van der Waals surface area contributed by atoms with Gasteiger partial charge in [0, 0.05) is 24.5 Å². The van der Waals surface area contributed by atoms with Crippen LogP contribution in [0.3, 0.4) is 0 Å². The molecule has 0 saturated carbocycles. The number of hydrogen-bond donors (Lipinski definition) is 1. The smallest absolute Gasteiger partial charge is 0.251 e. The van der Waals surface area contributed by atoms with Crippen LogP contribution in [0.1, 0.15) is 39.9 Å². The Morgan fingerprint density at radius 1 is 1.04 bits per heavy atom. The summed E-state index contributed by atoms with van der Waals surface area (Å²) in [5, 5.41) is 7.33. The second-order valence-corrected chi connectivity index (χ2v) is 6.45. The number of para-hydroxylation sites is 1. The number of carbonyl (C=O) groups is 1. The number of aryl methyl sites for hydroxylation is 2. The largest absolute Gasteiger partial charge is 0.348 e. The number of rotatable bonds is 4. The Balaban J connectivity index is 1.50. The third-order valence-electron chi connectivity index (χ3n) is 4.79. The molecule has 4 rings (SSSR count). The molecule has 4 nitrogen and oxygen atoms in total. The monoisotopic (exact) mass is 331 g/mol. The Hall–Kier alpha value is -2.88.